The van der Waals surface area contributed by atoms with E-state index in [1.54, 1.807) is 19.1 Å². The summed E-state index contributed by atoms with van der Waals surface area (Å²) in [6.07, 6.45) is 0.357. The first-order valence-corrected chi connectivity index (χ1v) is 8.03. The van der Waals surface area contributed by atoms with Gasteiger partial charge < -0.3 is 10.4 Å². The lowest BCUT2D eigenvalue weighted by Crippen LogP contribution is -2.44. The van der Waals surface area contributed by atoms with Crippen molar-refractivity contribution in [3.8, 4) is 0 Å². The Bertz CT molecular complexity index is 574. The first-order chi connectivity index (χ1) is 10.7. The van der Waals surface area contributed by atoms with Gasteiger partial charge in [0.2, 0.25) is 5.91 Å². The topological polar surface area (TPSA) is 110 Å². The molecule has 1 aromatic carbocycles. The van der Waals surface area contributed by atoms with Gasteiger partial charge in [-0.2, -0.15) is 0 Å². The number of carbonyl (C=O) groups excluding carboxylic acids is 1. The van der Waals surface area contributed by atoms with Gasteiger partial charge in [0.25, 0.3) is 5.69 Å². The van der Waals surface area contributed by atoms with Crippen LogP contribution in [0.5, 0.6) is 0 Å². The number of thioether (sulfide) groups is 1. The minimum Gasteiger partial charge on any atom is -0.480 e. The number of nitro benzene ring substituents is 1. The molecule has 0 fully saturated rings. The van der Waals surface area contributed by atoms with E-state index < -0.39 is 22.2 Å². The molecule has 1 unspecified atom stereocenters. The molecule has 126 valence electrons. The van der Waals surface area contributed by atoms with Crippen molar-refractivity contribution in [2.24, 2.45) is 5.92 Å². The van der Waals surface area contributed by atoms with Crippen molar-refractivity contribution in [2.45, 2.75) is 43.4 Å². The van der Waals surface area contributed by atoms with Crippen LogP contribution in [0.1, 0.15) is 27.2 Å². The summed E-state index contributed by atoms with van der Waals surface area (Å²) >= 11 is 1.22. The minimum atomic E-state index is -1.06. The quantitative estimate of drug-likeness (QED) is 0.428. The molecule has 0 aliphatic carbocycles. The standard InChI is InChI=1S/C15H20N2O5S/c1-9(2)8-13(15(19)20)16-14(18)10(3)23-12-6-4-11(5-7-12)17(21)22/h4-7,9-10,13H,8H2,1-3H3,(H,16,18)(H,19,20)/t10?,13-/m1/s1. The molecule has 0 saturated heterocycles. The van der Waals surface area contributed by atoms with Crippen molar-refractivity contribution < 1.29 is 19.6 Å². The Morgan fingerprint density at radius 1 is 1.26 bits per heavy atom. The molecule has 0 radical (unpaired) electrons. The van der Waals surface area contributed by atoms with Crippen LogP contribution in [0.25, 0.3) is 0 Å². The maximum atomic E-state index is 12.1. The third-order valence-electron chi connectivity index (χ3n) is 3.05. The number of non-ortho nitro benzene ring substituents is 1. The SMILES string of the molecule is CC(C)C[C@@H](NC(=O)C(C)Sc1ccc([N+](=O)[O-])cc1)C(=O)O. The van der Waals surface area contributed by atoms with Crippen molar-refractivity contribution >= 4 is 29.3 Å². The summed E-state index contributed by atoms with van der Waals surface area (Å²) in [6.45, 7) is 5.43. The molecule has 0 bridgehead atoms. The van der Waals surface area contributed by atoms with Crippen LogP contribution in [0.2, 0.25) is 0 Å². The molecule has 0 saturated carbocycles. The summed E-state index contributed by atoms with van der Waals surface area (Å²) in [4.78, 5) is 34.1. The molecule has 1 rings (SSSR count). The molecule has 0 aliphatic rings. The molecule has 1 aromatic rings. The van der Waals surface area contributed by atoms with Crippen molar-refractivity contribution in [3.63, 3.8) is 0 Å². The maximum absolute atomic E-state index is 12.1. The molecule has 0 aromatic heterocycles. The number of hydrogen-bond acceptors (Lipinski definition) is 5. The number of amides is 1. The number of benzene rings is 1. The molecule has 2 N–H and O–H groups in total. The van der Waals surface area contributed by atoms with E-state index in [9.17, 15) is 19.7 Å². The third-order valence-corrected chi connectivity index (χ3v) is 4.16. The van der Waals surface area contributed by atoms with Gasteiger partial charge in [-0.3, -0.25) is 14.9 Å². The van der Waals surface area contributed by atoms with E-state index in [4.69, 9.17) is 5.11 Å². The fourth-order valence-corrected chi connectivity index (χ4v) is 2.76. The number of aliphatic carboxylic acids is 1. The highest BCUT2D eigenvalue weighted by molar-refractivity contribution is 8.00. The number of hydrogen-bond donors (Lipinski definition) is 2. The summed E-state index contributed by atoms with van der Waals surface area (Å²) in [7, 11) is 0. The molecular formula is C15H20N2O5S. The lowest BCUT2D eigenvalue weighted by atomic mass is 10.0. The number of carboxylic acids is 1. The predicted octanol–water partition coefficient (Wildman–Crippen LogP) is 2.69. The van der Waals surface area contributed by atoms with Crippen LogP contribution in [0.4, 0.5) is 5.69 Å². The van der Waals surface area contributed by atoms with E-state index in [0.29, 0.717) is 11.3 Å². The van der Waals surface area contributed by atoms with Gasteiger partial charge in [0.05, 0.1) is 10.2 Å². The lowest BCUT2D eigenvalue weighted by Gasteiger charge is -2.19. The summed E-state index contributed by atoms with van der Waals surface area (Å²) in [6, 6.07) is 4.95. The highest BCUT2D eigenvalue weighted by atomic mass is 32.2. The summed E-state index contributed by atoms with van der Waals surface area (Å²) in [5, 5.41) is 21.8. The van der Waals surface area contributed by atoms with Crippen molar-refractivity contribution in [2.75, 3.05) is 0 Å². The van der Waals surface area contributed by atoms with Crippen LogP contribution in [0, 0.1) is 16.0 Å². The van der Waals surface area contributed by atoms with Crippen molar-refractivity contribution in [1.29, 1.82) is 0 Å². The third kappa shape index (κ3) is 6.27. The Balaban J connectivity index is 2.65. The first-order valence-electron chi connectivity index (χ1n) is 7.15. The summed E-state index contributed by atoms with van der Waals surface area (Å²) in [5.74, 6) is -1.28. The first kappa shape index (κ1) is 19.0. The summed E-state index contributed by atoms with van der Waals surface area (Å²) in [5.41, 5.74) is -0.0191. The molecule has 23 heavy (non-hydrogen) atoms. The number of nitrogens with one attached hydrogen (secondary N) is 1. The van der Waals surface area contributed by atoms with Gasteiger partial charge in [0, 0.05) is 17.0 Å². The van der Waals surface area contributed by atoms with Crippen LogP contribution >= 0.6 is 11.8 Å². The Morgan fingerprint density at radius 3 is 2.26 bits per heavy atom. The fraction of sp³-hybridized carbons (Fsp3) is 0.467. The molecule has 1 amide bonds. The molecule has 0 spiro atoms. The monoisotopic (exact) mass is 340 g/mol. The number of nitrogens with zero attached hydrogens (tertiary/aromatic N) is 1. The van der Waals surface area contributed by atoms with Gasteiger partial charge in [-0.05, 0) is 31.4 Å². The molecule has 2 atom stereocenters. The van der Waals surface area contributed by atoms with Crippen LogP contribution in [0.3, 0.4) is 0 Å². The molecule has 8 heteroatoms. The second-order valence-electron chi connectivity index (χ2n) is 5.54. The van der Waals surface area contributed by atoms with Crippen LogP contribution in [0.15, 0.2) is 29.2 Å². The van der Waals surface area contributed by atoms with Crippen molar-refractivity contribution in [1.82, 2.24) is 5.32 Å². The molecule has 7 nitrogen and oxygen atoms in total. The zero-order valence-corrected chi connectivity index (χ0v) is 14.0. The minimum absolute atomic E-state index is 0.0191. The van der Waals surface area contributed by atoms with E-state index >= 15 is 0 Å². The maximum Gasteiger partial charge on any atom is 0.326 e. The average molecular weight is 340 g/mol. The van der Waals surface area contributed by atoms with Gasteiger partial charge in [0.1, 0.15) is 6.04 Å². The molecule has 0 heterocycles. The normalized spacial score (nSPS) is 13.4. The van der Waals surface area contributed by atoms with Crippen LogP contribution in [-0.2, 0) is 9.59 Å². The Kier molecular flexibility index (Phi) is 7.02. The van der Waals surface area contributed by atoms with Gasteiger partial charge in [0.15, 0.2) is 0 Å². The second-order valence-corrected chi connectivity index (χ2v) is 6.95. The van der Waals surface area contributed by atoms with E-state index in [2.05, 4.69) is 5.32 Å². The van der Waals surface area contributed by atoms with Gasteiger partial charge in [-0.1, -0.05) is 13.8 Å². The molecular weight excluding hydrogens is 320 g/mol. The van der Waals surface area contributed by atoms with E-state index in [-0.39, 0.29) is 17.5 Å². The summed E-state index contributed by atoms with van der Waals surface area (Å²) < 4.78 is 0. The zero-order valence-electron chi connectivity index (χ0n) is 13.2. The Morgan fingerprint density at radius 2 is 1.83 bits per heavy atom. The number of carbonyl (C=O) groups is 2. The smallest absolute Gasteiger partial charge is 0.326 e. The van der Waals surface area contributed by atoms with E-state index in [1.807, 2.05) is 13.8 Å². The zero-order chi connectivity index (χ0) is 17.6. The number of nitro groups is 1. The largest absolute Gasteiger partial charge is 0.480 e. The fourth-order valence-electron chi connectivity index (χ4n) is 1.89. The second kappa shape index (κ2) is 8.52. The number of rotatable bonds is 8. The van der Waals surface area contributed by atoms with Gasteiger partial charge in [-0.15, -0.1) is 11.8 Å². The van der Waals surface area contributed by atoms with Gasteiger partial charge >= 0.3 is 5.97 Å². The highest BCUT2D eigenvalue weighted by Crippen LogP contribution is 2.25. The highest BCUT2D eigenvalue weighted by Gasteiger charge is 2.24. The van der Waals surface area contributed by atoms with Crippen molar-refractivity contribution in [3.05, 3.63) is 34.4 Å². The van der Waals surface area contributed by atoms with Gasteiger partial charge in [-0.25, -0.2) is 4.79 Å². The Labute approximate surface area is 138 Å². The van der Waals surface area contributed by atoms with Crippen LogP contribution < -0.4 is 5.32 Å². The molecule has 0 aliphatic heterocycles. The van der Waals surface area contributed by atoms with Crippen LogP contribution in [-0.4, -0.2) is 33.2 Å². The number of carboxylic acid groups (broad SMARTS) is 1. The predicted molar refractivity (Wildman–Crippen MR) is 87.4 cm³/mol. The Hall–Kier alpha value is -2.09. The lowest BCUT2D eigenvalue weighted by molar-refractivity contribution is -0.384. The van der Waals surface area contributed by atoms with E-state index in [0.717, 1.165) is 0 Å². The average Bonchev–Trinajstić information content (AvgIpc) is 2.46. The van der Waals surface area contributed by atoms with E-state index in [1.165, 1.54) is 23.9 Å².